The summed E-state index contributed by atoms with van der Waals surface area (Å²) in [6.07, 6.45) is 2.29. The number of unbranched alkanes of at least 4 members (excludes halogenated alkanes) is 1. The lowest BCUT2D eigenvalue weighted by Crippen LogP contribution is -2.14. The molecule has 2 heteroatoms. The lowest BCUT2D eigenvalue weighted by Gasteiger charge is -2.09. The Labute approximate surface area is 99.0 Å². The fourth-order valence-corrected chi connectivity index (χ4v) is 1.57. The van der Waals surface area contributed by atoms with Gasteiger partial charge in [0.1, 0.15) is 5.75 Å². The van der Waals surface area contributed by atoms with E-state index in [1.165, 1.54) is 17.5 Å². The van der Waals surface area contributed by atoms with Crippen LogP contribution >= 0.6 is 0 Å². The summed E-state index contributed by atoms with van der Waals surface area (Å²) in [6.45, 7) is 9.28. The first-order valence-corrected chi connectivity index (χ1v) is 6.15. The molecular formula is C14H23NO. The van der Waals surface area contributed by atoms with Crippen LogP contribution in [0.15, 0.2) is 18.2 Å². The number of benzene rings is 1. The van der Waals surface area contributed by atoms with Gasteiger partial charge in [0.05, 0.1) is 6.61 Å². The number of rotatable bonds is 7. The minimum Gasteiger partial charge on any atom is -0.493 e. The second kappa shape index (κ2) is 7.29. The Bertz CT molecular complexity index is 310. The van der Waals surface area contributed by atoms with Crippen molar-refractivity contribution in [3.8, 4) is 5.75 Å². The Kier molecular flexibility index (Phi) is 5.94. The van der Waals surface area contributed by atoms with Crippen LogP contribution in [0.3, 0.4) is 0 Å². The molecule has 0 saturated carbocycles. The SMILES string of the molecule is CCNCCCCOc1cc(C)ccc1C. The normalized spacial score (nSPS) is 10.4. The van der Waals surface area contributed by atoms with Gasteiger partial charge in [0, 0.05) is 0 Å². The van der Waals surface area contributed by atoms with E-state index in [1.807, 2.05) is 0 Å². The van der Waals surface area contributed by atoms with Crippen LogP contribution in [-0.2, 0) is 0 Å². The average molecular weight is 221 g/mol. The quantitative estimate of drug-likeness (QED) is 0.714. The van der Waals surface area contributed by atoms with Crippen molar-refractivity contribution in [2.75, 3.05) is 19.7 Å². The van der Waals surface area contributed by atoms with Crippen molar-refractivity contribution in [1.82, 2.24) is 5.32 Å². The van der Waals surface area contributed by atoms with Crippen LogP contribution in [0.5, 0.6) is 5.75 Å². The molecule has 0 aliphatic rings. The molecule has 0 atom stereocenters. The maximum absolute atomic E-state index is 5.77. The number of hydrogen-bond donors (Lipinski definition) is 1. The first-order valence-electron chi connectivity index (χ1n) is 6.15. The molecule has 0 amide bonds. The summed E-state index contributed by atoms with van der Waals surface area (Å²) in [5.41, 5.74) is 2.48. The van der Waals surface area contributed by atoms with Crippen molar-refractivity contribution in [3.05, 3.63) is 29.3 Å². The lowest BCUT2D eigenvalue weighted by atomic mass is 10.1. The standard InChI is InChI=1S/C14H23NO/c1-4-15-9-5-6-10-16-14-11-12(2)7-8-13(14)3/h7-8,11,15H,4-6,9-10H2,1-3H3. The summed E-state index contributed by atoms with van der Waals surface area (Å²) >= 11 is 0. The van der Waals surface area contributed by atoms with E-state index in [1.54, 1.807) is 0 Å². The molecule has 1 aromatic carbocycles. The van der Waals surface area contributed by atoms with Crippen molar-refractivity contribution in [2.45, 2.75) is 33.6 Å². The van der Waals surface area contributed by atoms with Gasteiger partial charge in [-0.25, -0.2) is 0 Å². The smallest absolute Gasteiger partial charge is 0.122 e. The maximum atomic E-state index is 5.77. The second-order valence-electron chi connectivity index (χ2n) is 4.18. The van der Waals surface area contributed by atoms with Gasteiger partial charge in [0.25, 0.3) is 0 Å². The molecule has 0 aromatic heterocycles. The molecular weight excluding hydrogens is 198 g/mol. The fourth-order valence-electron chi connectivity index (χ4n) is 1.57. The van der Waals surface area contributed by atoms with Crippen LogP contribution in [0.4, 0.5) is 0 Å². The zero-order chi connectivity index (χ0) is 11.8. The second-order valence-corrected chi connectivity index (χ2v) is 4.18. The first-order chi connectivity index (χ1) is 7.74. The van der Waals surface area contributed by atoms with Gasteiger partial charge in [-0.3, -0.25) is 0 Å². The minimum atomic E-state index is 0.815. The van der Waals surface area contributed by atoms with Gasteiger partial charge in [-0.15, -0.1) is 0 Å². The molecule has 0 unspecified atom stereocenters. The van der Waals surface area contributed by atoms with Crippen LogP contribution in [0.1, 0.15) is 30.9 Å². The molecule has 0 radical (unpaired) electrons. The monoisotopic (exact) mass is 221 g/mol. The van der Waals surface area contributed by atoms with Crippen molar-refractivity contribution in [1.29, 1.82) is 0 Å². The Balaban J connectivity index is 2.23. The van der Waals surface area contributed by atoms with E-state index in [9.17, 15) is 0 Å². The summed E-state index contributed by atoms with van der Waals surface area (Å²) in [5.74, 6) is 1.03. The third kappa shape index (κ3) is 4.67. The molecule has 2 nitrogen and oxygen atoms in total. The molecule has 1 N–H and O–H groups in total. The molecule has 0 saturated heterocycles. The summed E-state index contributed by atoms with van der Waals surface area (Å²) < 4.78 is 5.77. The molecule has 1 aromatic rings. The molecule has 90 valence electrons. The highest BCUT2D eigenvalue weighted by molar-refractivity contribution is 5.35. The van der Waals surface area contributed by atoms with Crippen molar-refractivity contribution in [2.24, 2.45) is 0 Å². The minimum absolute atomic E-state index is 0.815. The number of hydrogen-bond acceptors (Lipinski definition) is 2. The zero-order valence-electron chi connectivity index (χ0n) is 10.7. The Morgan fingerprint density at radius 2 is 2.00 bits per heavy atom. The number of nitrogens with one attached hydrogen (secondary N) is 1. The van der Waals surface area contributed by atoms with Gasteiger partial charge in [-0.2, -0.15) is 0 Å². The van der Waals surface area contributed by atoms with Gasteiger partial charge in [0.15, 0.2) is 0 Å². The van der Waals surface area contributed by atoms with Crippen LogP contribution in [-0.4, -0.2) is 19.7 Å². The molecule has 1 rings (SSSR count). The molecule has 0 heterocycles. The van der Waals surface area contributed by atoms with Crippen molar-refractivity contribution < 1.29 is 4.74 Å². The van der Waals surface area contributed by atoms with E-state index in [0.29, 0.717) is 0 Å². The van der Waals surface area contributed by atoms with Crippen molar-refractivity contribution >= 4 is 0 Å². The molecule has 0 fully saturated rings. The van der Waals surface area contributed by atoms with Crippen LogP contribution in [0, 0.1) is 13.8 Å². The van der Waals surface area contributed by atoms with Crippen LogP contribution in [0.25, 0.3) is 0 Å². The third-order valence-electron chi connectivity index (χ3n) is 2.60. The molecule has 16 heavy (non-hydrogen) atoms. The fraction of sp³-hybridized carbons (Fsp3) is 0.571. The van der Waals surface area contributed by atoms with Gasteiger partial charge in [-0.1, -0.05) is 19.1 Å². The van der Waals surface area contributed by atoms with Gasteiger partial charge < -0.3 is 10.1 Å². The molecule has 0 bridgehead atoms. The Hall–Kier alpha value is -1.02. The predicted molar refractivity (Wildman–Crippen MR) is 69.2 cm³/mol. The lowest BCUT2D eigenvalue weighted by molar-refractivity contribution is 0.304. The molecule has 0 aliphatic heterocycles. The average Bonchev–Trinajstić information content (AvgIpc) is 2.28. The van der Waals surface area contributed by atoms with Crippen molar-refractivity contribution in [3.63, 3.8) is 0 Å². The third-order valence-corrected chi connectivity index (χ3v) is 2.60. The highest BCUT2D eigenvalue weighted by Gasteiger charge is 1.99. The largest absolute Gasteiger partial charge is 0.493 e. The number of ether oxygens (including phenoxy) is 1. The van der Waals surface area contributed by atoms with E-state index >= 15 is 0 Å². The molecule has 0 spiro atoms. The summed E-state index contributed by atoms with van der Waals surface area (Å²) in [7, 11) is 0. The van der Waals surface area contributed by atoms with Gasteiger partial charge in [0.2, 0.25) is 0 Å². The highest BCUT2D eigenvalue weighted by Crippen LogP contribution is 2.19. The summed E-state index contributed by atoms with van der Waals surface area (Å²) in [6, 6.07) is 6.34. The van der Waals surface area contributed by atoms with E-state index in [-0.39, 0.29) is 0 Å². The summed E-state index contributed by atoms with van der Waals surface area (Å²) in [4.78, 5) is 0. The van der Waals surface area contributed by atoms with Crippen LogP contribution < -0.4 is 10.1 Å². The topological polar surface area (TPSA) is 21.3 Å². The van der Waals surface area contributed by atoms with E-state index in [2.05, 4.69) is 44.3 Å². The zero-order valence-corrected chi connectivity index (χ0v) is 10.7. The van der Waals surface area contributed by atoms with E-state index in [0.717, 1.165) is 31.9 Å². The Morgan fingerprint density at radius 3 is 2.75 bits per heavy atom. The molecule has 0 aliphatic carbocycles. The first kappa shape index (κ1) is 13.0. The van der Waals surface area contributed by atoms with Crippen LogP contribution in [0.2, 0.25) is 0 Å². The van der Waals surface area contributed by atoms with Gasteiger partial charge >= 0.3 is 0 Å². The van der Waals surface area contributed by atoms with E-state index in [4.69, 9.17) is 4.74 Å². The maximum Gasteiger partial charge on any atom is 0.122 e. The number of aryl methyl sites for hydroxylation is 2. The predicted octanol–water partition coefficient (Wildman–Crippen LogP) is 3.07. The highest BCUT2D eigenvalue weighted by atomic mass is 16.5. The summed E-state index contributed by atoms with van der Waals surface area (Å²) in [5, 5.41) is 3.31. The van der Waals surface area contributed by atoms with Gasteiger partial charge in [-0.05, 0) is 57.0 Å². The Morgan fingerprint density at radius 1 is 1.19 bits per heavy atom. The van der Waals surface area contributed by atoms with E-state index < -0.39 is 0 Å².